The Morgan fingerprint density at radius 2 is 2.06 bits per heavy atom. The van der Waals surface area contributed by atoms with Crippen LogP contribution < -0.4 is 5.43 Å². The molecular weight excluding hydrogens is 234 g/mol. The van der Waals surface area contributed by atoms with Gasteiger partial charge in [-0.15, -0.1) is 0 Å². The summed E-state index contributed by atoms with van der Waals surface area (Å²) in [5.74, 6) is -0.222. The number of rotatable bonds is 3. The molecule has 1 aliphatic heterocycles. The normalized spacial score (nSPS) is 16.8. The van der Waals surface area contributed by atoms with Crippen molar-refractivity contribution in [3.8, 4) is 0 Å². The van der Waals surface area contributed by atoms with Crippen LogP contribution in [0, 0.1) is 0 Å². The van der Waals surface area contributed by atoms with Crippen LogP contribution in [0.3, 0.4) is 0 Å². The largest absolute Gasteiger partial charge is 0.395 e. The van der Waals surface area contributed by atoms with E-state index >= 15 is 0 Å². The van der Waals surface area contributed by atoms with Crippen molar-refractivity contribution < 1.29 is 9.90 Å². The molecule has 0 aliphatic carbocycles. The average molecular weight is 251 g/mol. The summed E-state index contributed by atoms with van der Waals surface area (Å²) in [4.78, 5) is 30.2. The standard InChI is InChI=1S/C12H17N3O3/c16-8-7-14-3-5-15(6-4-14)12(18)10-9-13-2-1-11(10)17/h1-2,9,16H,3-8H2,(H,13,17). The van der Waals surface area contributed by atoms with E-state index in [9.17, 15) is 9.59 Å². The van der Waals surface area contributed by atoms with E-state index in [0.717, 1.165) is 13.1 Å². The summed E-state index contributed by atoms with van der Waals surface area (Å²) < 4.78 is 0. The fourth-order valence-corrected chi connectivity index (χ4v) is 2.07. The number of nitrogens with zero attached hydrogens (tertiary/aromatic N) is 2. The fourth-order valence-electron chi connectivity index (χ4n) is 2.07. The van der Waals surface area contributed by atoms with Gasteiger partial charge in [-0.05, 0) is 0 Å². The van der Waals surface area contributed by atoms with E-state index in [1.807, 2.05) is 0 Å². The van der Waals surface area contributed by atoms with Crippen molar-refractivity contribution in [3.63, 3.8) is 0 Å². The Morgan fingerprint density at radius 1 is 1.33 bits per heavy atom. The summed E-state index contributed by atoms with van der Waals surface area (Å²) in [5.41, 5.74) is -0.0651. The number of piperazine rings is 1. The van der Waals surface area contributed by atoms with Gasteiger partial charge in [0.15, 0.2) is 5.43 Å². The minimum Gasteiger partial charge on any atom is -0.395 e. The first kappa shape index (κ1) is 12.8. The smallest absolute Gasteiger partial charge is 0.259 e. The van der Waals surface area contributed by atoms with Gasteiger partial charge < -0.3 is 15.0 Å². The lowest BCUT2D eigenvalue weighted by Crippen LogP contribution is -2.50. The molecule has 1 fully saturated rings. The number of hydrogen-bond acceptors (Lipinski definition) is 4. The molecule has 2 N–H and O–H groups in total. The molecule has 1 amide bonds. The molecule has 0 bridgehead atoms. The number of pyridine rings is 1. The summed E-state index contributed by atoms with van der Waals surface area (Å²) in [5, 5.41) is 8.84. The highest BCUT2D eigenvalue weighted by molar-refractivity contribution is 5.93. The monoisotopic (exact) mass is 251 g/mol. The Kier molecular flexibility index (Phi) is 4.11. The van der Waals surface area contributed by atoms with E-state index in [1.165, 1.54) is 18.5 Å². The van der Waals surface area contributed by atoms with E-state index in [0.29, 0.717) is 19.6 Å². The van der Waals surface area contributed by atoms with Crippen molar-refractivity contribution in [2.45, 2.75) is 0 Å². The molecule has 0 saturated carbocycles. The van der Waals surface area contributed by atoms with Gasteiger partial charge in [-0.2, -0.15) is 0 Å². The third-order valence-electron chi connectivity index (χ3n) is 3.13. The lowest BCUT2D eigenvalue weighted by Gasteiger charge is -2.34. The second kappa shape index (κ2) is 5.79. The molecule has 1 saturated heterocycles. The number of aliphatic hydroxyl groups excluding tert-OH is 1. The van der Waals surface area contributed by atoms with Crippen LogP contribution in [0.4, 0.5) is 0 Å². The lowest BCUT2D eigenvalue weighted by atomic mass is 10.2. The second-order valence-electron chi connectivity index (χ2n) is 4.28. The molecule has 0 unspecified atom stereocenters. The number of nitrogens with one attached hydrogen (secondary N) is 1. The van der Waals surface area contributed by atoms with E-state index in [1.54, 1.807) is 4.90 Å². The van der Waals surface area contributed by atoms with Gasteiger partial charge in [0.25, 0.3) is 5.91 Å². The van der Waals surface area contributed by atoms with Crippen molar-refractivity contribution in [2.24, 2.45) is 0 Å². The first-order chi connectivity index (χ1) is 8.72. The zero-order chi connectivity index (χ0) is 13.0. The molecule has 1 aliphatic rings. The Hall–Kier alpha value is -1.66. The number of carbonyl (C=O) groups excluding carboxylic acids is 1. The Balaban J connectivity index is 2.00. The van der Waals surface area contributed by atoms with Gasteiger partial charge in [-0.3, -0.25) is 14.5 Å². The van der Waals surface area contributed by atoms with Crippen LogP contribution in [0.2, 0.25) is 0 Å². The van der Waals surface area contributed by atoms with E-state index in [4.69, 9.17) is 5.11 Å². The summed E-state index contributed by atoms with van der Waals surface area (Å²) in [7, 11) is 0. The molecule has 1 aromatic rings. The first-order valence-electron chi connectivity index (χ1n) is 6.02. The quantitative estimate of drug-likeness (QED) is 0.732. The number of carbonyl (C=O) groups is 1. The third kappa shape index (κ3) is 2.77. The molecule has 18 heavy (non-hydrogen) atoms. The van der Waals surface area contributed by atoms with Crippen molar-refractivity contribution >= 4 is 5.91 Å². The van der Waals surface area contributed by atoms with Gasteiger partial charge in [-0.25, -0.2) is 0 Å². The predicted molar refractivity (Wildman–Crippen MR) is 66.5 cm³/mol. The molecule has 2 heterocycles. The van der Waals surface area contributed by atoms with E-state index in [2.05, 4.69) is 9.88 Å². The molecule has 6 heteroatoms. The maximum absolute atomic E-state index is 12.1. The number of aromatic nitrogens is 1. The second-order valence-corrected chi connectivity index (χ2v) is 4.28. The molecule has 6 nitrogen and oxygen atoms in total. The minimum atomic E-state index is -0.253. The maximum atomic E-state index is 12.1. The Bertz CT molecular complexity index is 464. The van der Waals surface area contributed by atoms with Crippen LogP contribution >= 0.6 is 0 Å². The molecule has 0 aromatic carbocycles. The van der Waals surface area contributed by atoms with Crippen LogP contribution in [0.15, 0.2) is 23.3 Å². The average Bonchev–Trinajstić information content (AvgIpc) is 2.40. The number of aliphatic hydroxyl groups is 1. The fraction of sp³-hybridized carbons (Fsp3) is 0.500. The SMILES string of the molecule is O=C(c1c[nH]ccc1=O)N1CCN(CCO)CC1. The van der Waals surface area contributed by atoms with Crippen LogP contribution in [0.1, 0.15) is 10.4 Å². The Labute approximate surface area is 105 Å². The van der Waals surface area contributed by atoms with Crippen LogP contribution in [0.25, 0.3) is 0 Å². The molecule has 0 atom stereocenters. The minimum absolute atomic E-state index is 0.131. The zero-order valence-corrected chi connectivity index (χ0v) is 10.1. The number of H-pyrrole nitrogens is 1. The number of β-amino-alcohol motifs (C(OH)–C–C–N with tert-alkyl or cyclic N) is 1. The molecule has 0 radical (unpaired) electrons. The Morgan fingerprint density at radius 3 is 2.67 bits per heavy atom. The van der Waals surface area contributed by atoms with Crippen molar-refractivity contribution in [2.75, 3.05) is 39.3 Å². The molecule has 0 spiro atoms. The summed E-state index contributed by atoms with van der Waals surface area (Å²) in [6, 6.07) is 1.36. The summed E-state index contributed by atoms with van der Waals surface area (Å²) in [6.45, 7) is 3.41. The molecule has 98 valence electrons. The van der Waals surface area contributed by atoms with Gasteiger partial charge >= 0.3 is 0 Å². The zero-order valence-electron chi connectivity index (χ0n) is 10.1. The molecule has 1 aromatic heterocycles. The van der Waals surface area contributed by atoms with Gasteiger partial charge in [0, 0.05) is 51.2 Å². The number of amides is 1. The van der Waals surface area contributed by atoms with Crippen molar-refractivity contribution in [1.29, 1.82) is 0 Å². The van der Waals surface area contributed by atoms with Crippen molar-refractivity contribution in [3.05, 3.63) is 34.2 Å². The van der Waals surface area contributed by atoms with Gasteiger partial charge in [0.2, 0.25) is 0 Å². The van der Waals surface area contributed by atoms with Crippen LogP contribution in [-0.4, -0.2) is 65.1 Å². The van der Waals surface area contributed by atoms with Gasteiger partial charge in [0.1, 0.15) is 5.56 Å². The molecule has 2 rings (SSSR count). The highest BCUT2D eigenvalue weighted by Gasteiger charge is 2.23. The van der Waals surface area contributed by atoms with Crippen LogP contribution in [0.5, 0.6) is 0 Å². The van der Waals surface area contributed by atoms with E-state index in [-0.39, 0.29) is 23.5 Å². The predicted octanol–water partition coefficient (Wildman–Crippen LogP) is -0.875. The lowest BCUT2D eigenvalue weighted by molar-refractivity contribution is 0.0613. The van der Waals surface area contributed by atoms with Crippen LogP contribution in [-0.2, 0) is 0 Å². The highest BCUT2D eigenvalue weighted by atomic mass is 16.3. The summed E-state index contributed by atoms with van der Waals surface area (Å²) in [6.07, 6.45) is 2.96. The third-order valence-corrected chi connectivity index (χ3v) is 3.13. The first-order valence-corrected chi connectivity index (χ1v) is 6.02. The maximum Gasteiger partial charge on any atom is 0.259 e. The molecular formula is C12H17N3O3. The van der Waals surface area contributed by atoms with Crippen molar-refractivity contribution in [1.82, 2.24) is 14.8 Å². The highest BCUT2D eigenvalue weighted by Crippen LogP contribution is 2.05. The van der Waals surface area contributed by atoms with Gasteiger partial charge in [0.05, 0.1) is 6.61 Å². The topological polar surface area (TPSA) is 76.6 Å². The summed E-state index contributed by atoms with van der Waals surface area (Å²) >= 11 is 0. The number of aromatic amines is 1. The van der Waals surface area contributed by atoms with Gasteiger partial charge in [-0.1, -0.05) is 0 Å². The number of hydrogen-bond donors (Lipinski definition) is 2. The van der Waals surface area contributed by atoms with E-state index < -0.39 is 0 Å².